The number of pyridine rings is 1. The zero-order valence-electron chi connectivity index (χ0n) is 16.2. The molecule has 1 aromatic carbocycles. The lowest BCUT2D eigenvalue weighted by Crippen LogP contribution is -2.44. The van der Waals surface area contributed by atoms with Crippen molar-refractivity contribution in [3.63, 3.8) is 0 Å². The van der Waals surface area contributed by atoms with Crippen LogP contribution in [0, 0.1) is 0 Å². The third kappa shape index (κ3) is 4.67. The molecule has 3 heterocycles. The van der Waals surface area contributed by atoms with E-state index in [0.29, 0.717) is 49.4 Å². The normalized spacial score (nSPS) is 17.7. The molecule has 1 aliphatic rings. The van der Waals surface area contributed by atoms with Gasteiger partial charge < -0.3 is 9.47 Å². The Morgan fingerprint density at radius 3 is 2.77 bits per heavy atom. The molecule has 3 aromatic rings. The van der Waals surface area contributed by atoms with Crippen LogP contribution in [0.2, 0.25) is 5.15 Å². The van der Waals surface area contributed by atoms with Crippen LogP contribution in [-0.4, -0.2) is 54.7 Å². The van der Waals surface area contributed by atoms with Gasteiger partial charge in [0.2, 0.25) is 0 Å². The van der Waals surface area contributed by atoms with Crippen molar-refractivity contribution >= 4 is 21.6 Å². The SMILES string of the molecule is O=S(=O)(c1ccccc1)n1cccc1CN1CCOC(COc2cccnc2Cl)C1. The van der Waals surface area contributed by atoms with Gasteiger partial charge in [0, 0.05) is 37.7 Å². The molecule has 0 N–H and O–H groups in total. The van der Waals surface area contributed by atoms with E-state index in [1.54, 1.807) is 60.9 Å². The molecule has 1 unspecified atom stereocenters. The van der Waals surface area contributed by atoms with Crippen LogP contribution in [0.5, 0.6) is 5.75 Å². The highest BCUT2D eigenvalue weighted by Crippen LogP contribution is 2.22. The summed E-state index contributed by atoms with van der Waals surface area (Å²) >= 11 is 6.03. The van der Waals surface area contributed by atoms with E-state index in [-0.39, 0.29) is 11.0 Å². The van der Waals surface area contributed by atoms with Crippen molar-refractivity contribution in [1.82, 2.24) is 13.9 Å². The molecule has 30 heavy (non-hydrogen) atoms. The van der Waals surface area contributed by atoms with E-state index in [2.05, 4.69) is 9.88 Å². The Kier molecular flexibility index (Phi) is 6.38. The van der Waals surface area contributed by atoms with Crippen LogP contribution in [0.4, 0.5) is 0 Å². The summed E-state index contributed by atoms with van der Waals surface area (Å²) in [4.78, 5) is 6.42. The number of hydrogen-bond acceptors (Lipinski definition) is 6. The number of benzene rings is 1. The predicted octanol–water partition coefficient (Wildman–Crippen LogP) is 3.05. The highest BCUT2D eigenvalue weighted by molar-refractivity contribution is 7.90. The molecule has 0 amide bonds. The lowest BCUT2D eigenvalue weighted by atomic mass is 10.2. The lowest BCUT2D eigenvalue weighted by molar-refractivity contribution is -0.0507. The van der Waals surface area contributed by atoms with Crippen LogP contribution in [0.3, 0.4) is 0 Å². The molecule has 1 fully saturated rings. The largest absolute Gasteiger partial charge is 0.488 e. The average Bonchev–Trinajstić information content (AvgIpc) is 3.23. The summed E-state index contributed by atoms with van der Waals surface area (Å²) in [6.07, 6.45) is 3.04. The fraction of sp³-hybridized carbons (Fsp3) is 0.286. The van der Waals surface area contributed by atoms with Crippen molar-refractivity contribution in [2.45, 2.75) is 17.5 Å². The molecule has 158 valence electrons. The van der Waals surface area contributed by atoms with Gasteiger partial charge in [-0.2, -0.15) is 0 Å². The number of morpholine rings is 1. The zero-order chi connectivity index (χ0) is 21.0. The summed E-state index contributed by atoms with van der Waals surface area (Å²) in [6.45, 7) is 2.70. The van der Waals surface area contributed by atoms with Crippen LogP contribution in [0.1, 0.15) is 5.69 Å². The van der Waals surface area contributed by atoms with Crippen molar-refractivity contribution in [1.29, 1.82) is 0 Å². The number of nitrogens with zero attached hydrogens (tertiary/aromatic N) is 3. The second kappa shape index (κ2) is 9.18. The maximum atomic E-state index is 13.0. The van der Waals surface area contributed by atoms with E-state index in [0.717, 1.165) is 0 Å². The second-order valence-electron chi connectivity index (χ2n) is 6.94. The molecule has 1 atom stereocenters. The van der Waals surface area contributed by atoms with Crippen LogP contribution >= 0.6 is 11.6 Å². The van der Waals surface area contributed by atoms with E-state index in [1.807, 2.05) is 6.07 Å². The predicted molar refractivity (Wildman–Crippen MR) is 113 cm³/mol. The van der Waals surface area contributed by atoms with E-state index in [4.69, 9.17) is 21.1 Å². The van der Waals surface area contributed by atoms with Gasteiger partial charge in [0.1, 0.15) is 12.7 Å². The van der Waals surface area contributed by atoms with Gasteiger partial charge in [-0.1, -0.05) is 29.8 Å². The lowest BCUT2D eigenvalue weighted by Gasteiger charge is -2.32. The van der Waals surface area contributed by atoms with Gasteiger partial charge in [0.25, 0.3) is 10.0 Å². The topological polar surface area (TPSA) is 73.7 Å². The minimum atomic E-state index is -3.63. The molecule has 1 aliphatic heterocycles. The number of rotatable bonds is 7. The number of aromatic nitrogens is 2. The first-order valence-electron chi connectivity index (χ1n) is 9.58. The third-order valence-corrected chi connectivity index (χ3v) is 6.88. The van der Waals surface area contributed by atoms with Crippen molar-refractivity contribution < 1.29 is 17.9 Å². The maximum absolute atomic E-state index is 13.0. The van der Waals surface area contributed by atoms with Crippen molar-refractivity contribution in [2.24, 2.45) is 0 Å². The first kappa shape index (κ1) is 20.9. The highest BCUT2D eigenvalue weighted by Gasteiger charge is 2.25. The van der Waals surface area contributed by atoms with Gasteiger partial charge in [-0.25, -0.2) is 17.4 Å². The standard InChI is InChI=1S/C21H22ClN3O4S/c22-21-20(9-4-10-23-21)29-16-18-15-24(12-13-28-18)14-17-6-5-11-25(17)30(26,27)19-7-2-1-3-8-19/h1-11,18H,12-16H2. The van der Waals surface area contributed by atoms with E-state index >= 15 is 0 Å². The Hall–Kier alpha value is -2.39. The molecule has 7 nitrogen and oxygen atoms in total. The summed E-state index contributed by atoms with van der Waals surface area (Å²) in [5, 5.41) is 0.314. The first-order valence-corrected chi connectivity index (χ1v) is 11.4. The Morgan fingerprint density at radius 2 is 1.97 bits per heavy atom. The molecular weight excluding hydrogens is 426 g/mol. The van der Waals surface area contributed by atoms with Gasteiger partial charge in [0.05, 0.1) is 11.5 Å². The quantitative estimate of drug-likeness (QED) is 0.518. The number of ether oxygens (including phenoxy) is 2. The van der Waals surface area contributed by atoms with Crippen LogP contribution in [-0.2, 0) is 21.3 Å². The smallest absolute Gasteiger partial charge is 0.267 e. The summed E-state index contributed by atoms with van der Waals surface area (Å²) in [5.41, 5.74) is 0.704. The Bertz CT molecular complexity index is 1090. The molecule has 0 aliphatic carbocycles. The van der Waals surface area contributed by atoms with Gasteiger partial charge in [0.15, 0.2) is 10.9 Å². The minimum absolute atomic E-state index is 0.149. The van der Waals surface area contributed by atoms with Crippen molar-refractivity contribution in [2.75, 3.05) is 26.3 Å². The van der Waals surface area contributed by atoms with Crippen LogP contribution in [0.25, 0.3) is 0 Å². The molecule has 9 heteroatoms. The fourth-order valence-corrected chi connectivity index (χ4v) is 4.94. The Balaban J connectivity index is 1.42. The third-order valence-electron chi connectivity index (χ3n) is 4.85. The fourth-order valence-electron chi connectivity index (χ4n) is 3.38. The second-order valence-corrected chi connectivity index (χ2v) is 9.12. The van der Waals surface area contributed by atoms with E-state index in [1.165, 1.54) is 3.97 Å². The summed E-state index contributed by atoms with van der Waals surface area (Å²) in [6, 6.07) is 15.5. The summed E-state index contributed by atoms with van der Waals surface area (Å²) in [7, 11) is -3.63. The van der Waals surface area contributed by atoms with Crippen molar-refractivity contribution in [3.8, 4) is 5.75 Å². The molecule has 0 bridgehead atoms. The van der Waals surface area contributed by atoms with Gasteiger partial charge in [-0.15, -0.1) is 0 Å². The summed E-state index contributed by atoms with van der Waals surface area (Å²) in [5.74, 6) is 0.516. The van der Waals surface area contributed by atoms with Gasteiger partial charge in [-0.3, -0.25) is 4.90 Å². The summed E-state index contributed by atoms with van der Waals surface area (Å²) < 4.78 is 38.9. The molecule has 0 radical (unpaired) electrons. The molecule has 1 saturated heterocycles. The molecule has 4 rings (SSSR count). The molecule has 0 spiro atoms. The maximum Gasteiger partial charge on any atom is 0.267 e. The van der Waals surface area contributed by atoms with Crippen LogP contribution in [0.15, 0.2) is 71.9 Å². The zero-order valence-corrected chi connectivity index (χ0v) is 17.8. The number of hydrogen-bond donors (Lipinski definition) is 0. The molecule has 0 saturated carbocycles. The Labute approximate surface area is 180 Å². The monoisotopic (exact) mass is 447 g/mol. The van der Waals surface area contributed by atoms with Gasteiger partial charge >= 0.3 is 0 Å². The highest BCUT2D eigenvalue weighted by atomic mass is 35.5. The van der Waals surface area contributed by atoms with Gasteiger partial charge in [-0.05, 0) is 36.4 Å². The van der Waals surface area contributed by atoms with Crippen LogP contribution < -0.4 is 4.74 Å². The van der Waals surface area contributed by atoms with E-state index < -0.39 is 10.0 Å². The molecular formula is C21H22ClN3O4S. The average molecular weight is 448 g/mol. The Morgan fingerprint density at radius 1 is 1.13 bits per heavy atom. The van der Waals surface area contributed by atoms with E-state index in [9.17, 15) is 8.42 Å². The molecule has 2 aromatic heterocycles. The number of halogens is 1. The van der Waals surface area contributed by atoms with Crippen molar-refractivity contribution in [3.05, 3.63) is 77.8 Å². The first-order chi connectivity index (χ1) is 14.5. The minimum Gasteiger partial charge on any atom is -0.488 e.